The molecule has 0 bridgehead atoms. The van der Waals surface area contributed by atoms with Gasteiger partial charge in [0.05, 0.1) is 30.5 Å². The Kier molecular flexibility index (Phi) is 7.73. The van der Waals surface area contributed by atoms with Crippen molar-refractivity contribution in [3.63, 3.8) is 0 Å². The van der Waals surface area contributed by atoms with Gasteiger partial charge in [0.2, 0.25) is 5.91 Å². The van der Waals surface area contributed by atoms with Gasteiger partial charge in [0.1, 0.15) is 5.75 Å². The first-order valence-electron chi connectivity index (χ1n) is 9.79. The SMILES string of the molecule is CCOc1ccc(-n2c(SCC(=O)NCCCC(=O)OC)nc3ccccc32)cc1. The van der Waals surface area contributed by atoms with Crippen molar-refractivity contribution in [3.8, 4) is 11.4 Å². The Hall–Kier alpha value is -3.00. The normalized spacial score (nSPS) is 10.7. The van der Waals surface area contributed by atoms with E-state index in [1.54, 1.807) is 0 Å². The molecule has 0 spiro atoms. The largest absolute Gasteiger partial charge is 0.494 e. The van der Waals surface area contributed by atoms with E-state index in [-0.39, 0.29) is 24.1 Å². The summed E-state index contributed by atoms with van der Waals surface area (Å²) in [5.41, 5.74) is 2.79. The molecule has 0 aliphatic heterocycles. The van der Waals surface area contributed by atoms with Crippen molar-refractivity contribution >= 4 is 34.7 Å². The van der Waals surface area contributed by atoms with Crippen LogP contribution in [-0.2, 0) is 14.3 Å². The second kappa shape index (κ2) is 10.7. The maximum Gasteiger partial charge on any atom is 0.305 e. The van der Waals surface area contributed by atoms with Crippen LogP contribution >= 0.6 is 11.8 Å². The summed E-state index contributed by atoms with van der Waals surface area (Å²) in [6.07, 6.45) is 0.839. The Bertz CT molecular complexity index is 1000. The summed E-state index contributed by atoms with van der Waals surface area (Å²) in [6, 6.07) is 15.7. The molecule has 3 rings (SSSR count). The molecule has 1 N–H and O–H groups in total. The molecule has 0 fully saturated rings. The molecule has 3 aromatic rings. The number of methoxy groups -OCH3 is 1. The third-order valence-corrected chi connectivity index (χ3v) is 5.31. The van der Waals surface area contributed by atoms with Crippen LogP contribution < -0.4 is 10.1 Å². The minimum absolute atomic E-state index is 0.102. The molecule has 2 aromatic carbocycles. The number of nitrogens with one attached hydrogen (secondary N) is 1. The number of hydrogen-bond donors (Lipinski definition) is 1. The number of carbonyl (C=O) groups is 2. The average molecular weight is 428 g/mol. The first-order chi connectivity index (χ1) is 14.6. The first kappa shape index (κ1) is 21.7. The molecular formula is C22H25N3O4S. The maximum atomic E-state index is 12.2. The number of esters is 1. The Morgan fingerprint density at radius 3 is 2.63 bits per heavy atom. The van der Waals surface area contributed by atoms with Gasteiger partial charge in [-0.1, -0.05) is 23.9 Å². The number of amides is 1. The number of ether oxygens (including phenoxy) is 2. The summed E-state index contributed by atoms with van der Waals surface area (Å²) in [6.45, 7) is 3.00. The number of nitrogens with zero attached hydrogens (tertiary/aromatic N) is 2. The summed E-state index contributed by atoms with van der Waals surface area (Å²) >= 11 is 1.38. The van der Waals surface area contributed by atoms with Gasteiger partial charge in [0, 0.05) is 18.7 Å². The van der Waals surface area contributed by atoms with Crippen LogP contribution in [0.2, 0.25) is 0 Å². The zero-order valence-electron chi connectivity index (χ0n) is 17.1. The molecule has 158 valence electrons. The highest BCUT2D eigenvalue weighted by Crippen LogP contribution is 2.28. The van der Waals surface area contributed by atoms with Crippen molar-refractivity contribution in [3.05, 3.63) is 48.5 Å². The molecular weight excluding hydrogens is 402 g/mol. The number of para-hydroxylation sites is 2. The fraction of sp³-hybridized carbons (Fsp3) is 0.318. The van der Waals surface area contributed by atoms with Gasteiger partial charge >= 0.3 is 5.97 Å². The number of benzene rings is 2. The minimum Gasteiger partial charge on any atom is -0.494 e. The Morgan fingerprint density at radius 2 is 1.90 bits per heavy atom. The van der Waals surface area contributed by atoms with E-state index < -0.39 is 0 Å². The van der Waals surface area contributed by atoms with E-state index in [1.807, 2.05) is 60.0 Å². The predicted octanol–water partition coefficient (Wildman–Crippen LogP) is 3.59. The molecule has 0 saturated carbocycles. The molecule has 30 heavy (non-hydrogen) atoms. The fourth-order valence-electron chi connectivity index (χ4n) is 2.95. The van der Waals surface area contributed by atoms with E-state index in [0.717, 1.165) is 27.6 Å². The van der Waals surface area contributed by atoms with Crippen LogP contribution in [0.1, 0.15) is 19.8 Å². The molecule has 1 heterocycles. The molecule has 0 aliphatic rings. The molecule has 8 heteroatoms. The van der Waals surface area contributed by atoms with E-state index in [2.05, 4.69) is 10.1 Å². The van der Waals surface area contributed by atoms with Crippen molar-refractivity contribution in [2.24, 2.45) is 0 Å². The third kappa shape index (κ3) is 5.54. The standard InChI is InChI=1S/C22H25N3O4S/c1-3-29-17-12-10-16(11-13-17)25-19-8-5-4-7-18(19)24-22(25)30-15-20(26)23-14-6-9-21(27)28-2/h4-5,7-8,10-13H,3,6,9,14-15H2,1-2H3,(H,23,26). The summed E-state index contributed by atoms with van der Waals surface area (Å²) in [5, 5.41) is 3.57. The molecule has 1 amide bonds. The lowest BCUT2D eigenvalue weighted by Gasteiger charge is -2.10. The van der Waals surface area contributed by atoms with E-state index in [0.29, 0.717) is 19.6 Å². The Morgan fingerprint density at radius 1 is 1.13 bits per heavy atom. The number of rotatable bonds is 10. The quantitative estimate of drug-likeness (QED) is 0.303. The first-order valence-corrected chi connectivity index (χ1v) is 10.8. The van der Waals surface area contributed by atoms with Crippen molar-refractivity contribution in [1.29, 1.82) is 0 Å². The summed E-state index contributed by atoms with van der Waals surface area (Å²) in [7, 11) is 1.36. The number of imidazole rings is 1. The van der Waals surface area contributed by atoms with Gasteiger partial charge in [0.25, 0.3) is 0 Å². The molecule has 0 saturated heterocycles. The van der Waals surface area contributed by atoms with Crippen molar-refractivity contribution in [1.82, 2.24) is 14.9 Å². The minimum atomic E-state index is -0.275. The number of thioether (sulfide) groups is 1. The summed E-state index contributed by atoms with van der Waals surface area (Å²) in [4.78, 5) is 28.0. The van der Waals surface area contributed by atoms with Gasteiger partial charge in [-0.15, -0.1) is 0 Å². The number of aromatic nitrogens is 2. The number of fused-ring (bicyclic) bond motifs is 1. The van der Waals surface area contributed by atoms with E-state index in [1.165, 1.54) is 18.9 Å². The number of hydrogen-bond acceptors (Lipinski definition) is 6. The summed E-state index contributed by atoms with van der Waals surface area (Å²) < 4.78 is 12.2. The van der Waals surface area contributed by atoms with E-state index >= 15 is 0 Å². The lowest BCUT2D eigenvalue weighted by Crippen LogP contribution is -2.26. The predicted molar refractivity (Wildman–Crippen MR) is 117 cm³/mol. The topological polar surface area (TPSA) is 82.5 Å². The molecule has 0 atom stereocenters. The zero-order chi connectivity index (χ0) is 21.3. The van der Waals surface area contributed by atoms with Crippen molar-refractivity contribution in [2.45, 2.75) is 24.9 Å². The second-order valence-electron chi connectivity index (χ2n) is 6.46. The van der Waals surface area contributed by atoms with Crippen LogP contribution in [0.5, 0.6) is 5.75 Å². The zero-order valence-corrected chi connectivity index (χ0v) is 17.9. The monoisotopic (exact) mass is 427 g/mol. The number of carbonyl (C=O) groups excluding carboxylic acids is 2. The van der Waals surface area contributed by atoms with Gasteiger partial charge in [-0.25, -0.2) is 4.98 Å². The average Bonchev–Trinajstić information content (AvgIpc) is 3.14. The third-order valence-electron chi connectivity index (χ3n) is 4.38. The van der Waals surface area contributed by atoms with Crippen LogP contribution in [0.25, 0.3) is 16.7 Å². The van der Waals surface area contributed by atoms with Crippen LogP contribution in [0.15, 0.2) is 53.7 Å². The van der Waals surface area contributed by atoms with Crippen LogP contribution in [-0.4, -0.2) is 47.4 Å². The molecule has 7 nitrogen and oxygen atoms in total. The Balaban J connectivity index is 1.70. The highest BCUT2D eigenvalue weighted by molar-refractivity contribution is 7.99. The van der Waals surface area contributed by atoms with Crippen LogP contribution in [0.4, 0.5) is 0 Å². The molecule has 0 radical (unpaired) electrons. The highest BCUT2D eigenvalue weighted by atomic mass is 32.2. The lowest BCUT2D eigenvalue weighted by atomic mass is 10.2. The van der Waals surface area contributed by atoms with Crippen molar-refractivity contribution < 1.29 is 19.1 Å². The van der Waals surface area contributed by atoms with Crippen LogP contribution in [0, 0.1) is 0 Å². The van der Waals surface area contributed by atoms with Crippen molar-refractivity contribution in [2.75, 3.05) is 26.0 Å². The van der Waals surface area contributed by atoms with Gasteiger partial charge < -0.3 is 14.8 Å². The molecule has 0 aliphatic carbocycles. The molecule has 0 unspecified atom stereocenters. The van der Waals surface area contributed by atoms with E-state index in [4.69, 9.17) is 9.72 Å². The fourth-order valence-corrected chi connectivity index (χ4v) is 3.81. The smallest absolute Gasteiger partial charge is 0.305 e. The summed E-state index contributed by atoms with van der Waals surface area (Å²) in [5.74, 6) is 0.669. The van der Waals surface area contributed by atoms with Gasteiger partial charge in [-0.3, -0.25) is 14.2 Å². The Labute approximate surface area is 179 Å². The van der Waals surface area contributed by atoms with Gasteiger partial charge in [0.15, 0.2) is 5.16 Å². The maximum absolute atomic E-state index is 12.2. The van der Waals surface area contributed by atoms with Gasteiger partial charge in [-0.05, 0) is 49.7 Å². The molecule has 1 aromatic heterocycles. The lowest BCUT2D eigenvalue weighted by molar-refractivity contribution is -0.140. The van der Waals surface area contributed by atoms with Crippen LogP contribution in [0.3, 0.4) is 0 Å². The highest BCUT2D eigenvalue weighted by Gasteiger charge is 2.14. The second-order valence-corrected chi connectivity index (χ2v) is 7.41. The van der Waals surface area contributed by atoms with Gasteiger partial charge in [-0.2, -0.15) is 0 Å². The van der Waals surface area contributed by atoms with E-state index in [9.17, 15) is 9.59 Å².